The van der Waals surface area contributed by atoms with Gasteiger partial charge in [0.15, 0.2) is 0 Å². The molecule has 1 aliphatic carbocycles. The maximum atomic E-state index is 12.3. The van der Waals surface area contributed by atoms with E-state index in [-0.39, 0.29) is 11.9 Å². The van der Waals surface area contributed by atoms with Crippen LogP contribution in [0.1, 0.15) is 47.0 Å². The van der Waals surface area contributed by atoms with E-state index in [1.165, 1.54) is 12.8 Å². The van der Waals surface area contributed by atoms with Crippen molar-refractivity contribution in [2.75, 3.05) is 6.61 Å². The highest BCUT2D eigenvalue weighted by Crippen LogP contribution is 2.50. The molecule has 1 heterocycles. The Morgan fingerprint density at radius 3 is 2.61 bits per heavy atom. The lowest BCUT2D eigenvalue weighted by molar-refractivity contribution is -0.174. The highest BCUT2D eigenvalue weighted by Gasteiger charge is 2.59. The van der Waals surface area contributed by atoms with Gasteiger partial charge in [-0.25, -0.2) is 4.79 Å². The quantitative estimate of drug-likeness (QED) is 0.708. The zero-order valence-corrected chi connectivity index (χ0v) is 11.7. The Morgan fingerprint density at radius 1 is 1.50 bits per heavy atom. The number of carbonyl (C=O) groups is 1. The van der Waals surface area contributed by atoms with Crippen LogP contribution in [0.3, 0.4) is 0 Å². The third-order valence-corrected chi connectivity index (χ3v) is 3.97. The number of carbonyl (C=O) groups excluding carboxylic acids is 1. The molecule has 4 nitrogen and oxygen atoms in total. The van der Waals surface area contributed by atoms with Gasteiger partial charge in [-0.2, -0.15) is 0 Å². The Bertz CT molecular complexity index is 360. The lowest BCUT2D eigenvalue weighted by atomic mass is 9.76. The van der Waals surface area contributed by atoms with E-state index in [0.717, 1.165) is 5.71 Å². The molecule has 18 heavy (non-hydrogen) atoms. The second-order valence-corrected chi connectivity index (χ2v) is 5.54. The average Bonchev–Trinajstić information content (AvgIpc) is 3.09. The van der Waals surface area contributed by atoms with Crippen LogP contribution in [-0.4, -0.2) is 23.9 Å². The first kappa shape index (κ1) is 13.4. The lowest BCUT2D eigenvalue weighted by Crippen LogP contribution is -2.49. The van der Waals surface area contributed by atoms with Crippen molar-refractivity contribution >= 4 is 11.7 Å². The molecule has 1 fully saturated rings. The standard InChI is InChI=1S/C14H23NO3/c1-5-14(13(16)17-6-2)11(10-7-8-10)12(9(3)4)15-18-14/h9-11H,5-8H2,1-4H3. The van der Waals surface area contributed by atoms with Crippen molar-refractivity contribution in [1.82, 2.24) is 0 Å². The summed E-state index contributed by atoms with van der Waals surface area (Å²) < 4.78 is 5.22. The van der Waals surface area contributed by atoms with E-state index < -0.39 is 5.60 Å². The summed E-state index contributed by atoms with van der Waals surface area (Å²) in [4.78, 5) is 17.9. The molecule has 2 rings (SSSR count). The smallest absolute Gasteiger partial charge is 0.354 e. The first-order chi connectivity index (χ1) is 8.56. The summed E-state index contributed by atoms with van der Waals surface area (Å²) >= 11 is 0. The maximum absolute atomic E-state index is 12.3. The fourth-order valence-electron chi connectivity index (χ4n) is 2.85. The fourth-order valence-corrected chi connectivity index (χ4v) is 2.85. The summed E-state index contributed by atoms with van der Waals surface area (Å²) in [7, 11) is 0. The molecular formula is C14H23NO3. The van der Waals surface area contributed by atoms with Crippen molar-refractivity contribution in [3.8, 4) is 0 Å². The minimum Gasteiger partial charge on any atom is -0.463 e. The van der Waals surface area contributed by atoms with Gasteiger partial charge in [0.2, 0.25) is 5.60 Å². The fraction of sp³-hybridized carbons (Fsp3) is 0.857. The van der Waals surface area contributed by atoms with Crippen LogP contribution in [0.15, 0.2) is 5.16 Å². The number of hydrogen-bond donors (Lipinski definition) is 0. The van der Waals surface area contributed by atoms with Crippen LogP contribution >= 0.6 is 0 Å². The monoisotopic (exact) mass is 253 g/mol. The van der Waals surface area contributed by atoms with Gasteiger partial charge in [0.05, 0.1) is 18.2 Å². The van der Waals surface area contributed by atoms with E-state index in [0.29, 0.717) is 24.9 Å². The molecule has 2 aliphatic rings. The van der Waals surface area contributed by atoms with E-state index in [9.17, 15) is 4.79 Å². The van der Waals surface area contributed by atoms with Crippen molar-refractivity contribution in [3.05, 3.63) is 0 Å². The van der Waals surface area contributed by atoms with Gasteiger partial charge in [0.1, 0.15) is 0 Å². The normalized spacial score (nSPS) is 31.2. The molecule has 2 unspecified atom stereocenters. The summed E-state index contributed by atoms with van der Waals surface area (Å²) in [5.74, 6) is 0.724. The Kier molecular flexibility index (Phi) is 3.64. The van der Waals surface area contributed by atoms with E-state index >= 15 is 0 Å². The second-order valence-electron chi connectivity index (χ2n) is 5.54. The zero-order valence-electron chi connectivity index (χ0n) is 11.7. The highest BCUT2D eigenvalue weighted by atomic mass is 16.7. The summed E-state index contributed by atoms with van der Waals surface area (Å²) in [5.41, 5.74) is 0.170. The van der Waals surface area contributed by atoms with Crippen molar-refractivity contribution in [1.29, 1.82) is 0 Å². The molecule has 0 spiro atoms. The van der Waals surface area contributed by atoms with Crippen LogP contribution in [0, 0.1) is 17.8 Å². The molecule has 102 valence electrons. The summed E-state index contributed by atoms with van der Waals surface area (Å²) in [5, 5.41) is 4.22. The molecule has 2 atom stereocenters. The van der Waals surface area contributed by atoms with Crippen LogP contribution < -0.4 is 0 Å². The molecular weight excluding hydrogens is 230 g/mol. The lowest BCUT2D eigenvalue weighted by Gasteiger charge is -2.30. The molecule has 0 radical (unpaired) electrons. The zero-order chi connectivity index (χ0) is 13.3. The summed E-state index contributed by atoms with van der Waals surface area (Å²) in [6, 6.07) is 0. The Balaban J connectivity index is 2.28. The number of nitrogens with zero attached hydrogens (tertiary/aromatic N) is 1. The third-order valence-electron chi connectivity index (χ3n) is 3.97. The largest absolute Gasteiger partial charge is 0.463 e. The van der Waals surface area contributed by atoms with Gasteiger partial charge >= 0.3 is 5.97 Å². The first-order valence-corrected chi connectivity index (χ1v) is 7.00. The molecule has 0 amide bonds. The molecule has 0 aromatic carbocycles. The van der Waals surface area contributed by atoms with Crippen molar-refractivity contribution in [3.63, 3.8) is 0 Å². The van der Waals surface area contributed by atoms with Gasteiger partial charge in [0, 0.05) is 0 Å². The third kappa shape index (κ3) is 2.02. The molecule has 0 saturated heterocycles. The topological polar surface area (TPSA) is 47.9 Å². The molecule has 4 heteroatoms. The van der Waals surface area contributed by atoms with Gasteiger partial charge in [-0.15, -0.1) is 0 Å². The maximum Gasteiger partial charge on any atom is 0.354 e. The Hall–Kier alpha value is -1.06. The van der Waals surface area contributed by atoms with Gasteiger partial charge < -0.3 is 9.57 Å². The number of oxime groups is 1. The van der Waals surface area contributed by atoms with E-state index in [4.69, 9.17) is 9.57 Å². The predicted octanol–water partition coefficient (Wildman–Crippen LogP) is 2.77. The Labute approximate surface area is 109 Å². The molecule has 0 aromatic heterocycles. The number of rotatable bonds is 5. The van der Waals surface area contributed by atoms with Crippen LogP contribution in [0.5, 0.6) is 0 Å². The van der Waals surface area contributed by atoms with Crippen molar-refractivity contribution in [2.45, 2.75) is 52.6 Å². The van der Waals surface area contributed by atoms with E-state index in [1.54, 1.807) is 0 Å². The number of ether oxygens (including phenoxy) is 1. The molecule has 1 aliphatic heterocycles. The summed E-state index contributed by atoms with van der Waals surface area (Å²) in [6.07, 6.45) is 2.95. The number of esters is 1. The van der Waals surface area contributed by atoms with Gasteiger partial charge in [-0.05, 0) is 38.0 Å². The van der Waals surface area contributed by atoms with Crippen molar-refractivity contribution in [2.24, 2.45) is 22.9 Å². The van der Waals surface area contributed by atoms with Crippen LogP contribution in [0.2, 0.25) is 0 Å². The second kappa shape index (κ2) is 4.90. The summed E-state index contributed by atoms with van der Waals surface area (Å²) in [6.45, 7) is 8.40. The Morgan fingerprint density at radius 2 is 2.17 bits per heavy atom. The molecule has 0 aromatic rings. The van der Waals surface area contributed by atoms with Gasteiger partial charge in [0.25, 0.3) is 0 Å². The number of hydrogen-bond acceptors (Lipinski definition) is 4. The van der Waals surface area contributed by atoms with Crippen molar-refractivity contribution < 1.29 is 14.4 Å². The minimum absolute atomic E-state index is 0.113. The molecule has 0 bridgehead atoms. The predicted molar refractivity (Wildman–Crippen MR) is 69.2 cm³/mol. The minimum atomic E-state index is -0.864. The first-order valence-electron chi connectivity index (χ1n) is 7.00. The van der Waals surface area contributed by atoms with E-state index in [1.807, 2.05) is 13.8 Å². The highest BCUT2D eigenvalue weighted by molar-refractivity contribution is 5.97. The average molecular weight is 253 g/mol. The van der Waals surface area contributed by atoms with Gasteiger partial charge in [-0.3, -0.25) is 0 Å². The van der Waals surface area contributed by atoms with Crippen LogP contribution in [-0.2, 0) is 14.4 Å². The molecule has 0 N–H and O–H groups in total. The van der Waals surface area contributed by atoms with Crippen LogP contribution in [0.25, 0.3) is 0 Å². The molecule has 1 saturated carbocycles. The van der Waals surface area contributed by atoms with E-state index in [2.05, 4.69) is 19.0 Å². The SMILES string of the molecule is CCOC(=O)C1(CC)ON=C(C(C)C)C1C1CC1. The van der Waals surface area contributed by atoms with Crippen LogP contribution in [0.4, 0.5) is 0 Å². The van der Waals surface area contributed by atoms with Gasteiger partial charge in [-0.1, -0.05) is 25.9 Å².